The smallest absolute Gasteiger partial charge is 0.383 e. The first-order chi connectivity index (χ1) is 20.8. The second-order valence-corrected chi connectivity index (χ2v) is 12.1. The Kier molecular flexibility index (Phi) is 8.33. The van der Waals surface area contributed by atoms with E-state index < -0.39 is 38.8 Å². The van der Waals surface area contributed by atoms with Crippen molar-refractivity contribution in [1.82, 2.24) is 20.3 Å². The van der Waals surface area contributed by atoms with Crippen LogP contribution in [0.5, 0.6) is 0 Å². The fourth-order valence-electron chi connectivity index (χ4n) is 4.00. The molecule has 0 atom stereocenters. The number of carbonyl (C=O) groups excluding carboxylic acids is 1. The molecule has 228 valence electrons. The second kappa shape index (κ2) is 12.0. The van der Waals surface area contributed by atoms with Crippen LogP contribution in [0.4, 0.5) is 39.3 Å². The average molecular weight is 650 g/mol. The van der Waals surface area contributed by atoms with Crippen LogP contribution in [-0.4, -0.2) is 34.8 Å². The topological polar surface area (TPSA) is 152 Å². The number of thiophene rings is 1. The molecule has 1 amide bonds. The minimum Gasteiger partial charge on any atom is -0.383 e. The van der Waals surface area contributed by atoms with Crippen molar-refractivity contribution in [2.45, 2.75) is 18.6 Å². The fourth-order valence-corrected chi connectivity index (χ4v) is 5.48. The van der Waals surface area contributed by atoms with Gasteiger partial charge >= 0.3 is 15.5 Å². The molecular formula is C27H20F5N7O3S2. The Labute approximate surface area is 250 Å². The van der Waals surface area contributed by atoms with Gasteiger partial charge in [0.25, 0.3) is 5.91 Å². The van der Waals surface area contributed by atoms with Crippen LogP contribution in [0.15, 0.2) is 67.1 Å². The number of aromatic nitrogens is 3. The van der Waals surface area contributed by atoms with Crippen molar-refractivity contribution in [2.24, 2.45) is 0 Å². The number of hydrogen-bond acceptors (Lipinski definition) is 9. The Morgan fingerprint density at radius 1 is 0.932 bits per heavy atom. The summed E-state index contributed by atoms with van der Waals surface area (Å²) >= 11 is 1.40. The Morgan fingerprint density at radius 2 is 1.73 bits per heavy atom. The van der Waals surface area contributed by atoms with Crippen LogP contribution in [0, 0.1) is 11.6 Å². The van der Waals surface area contributed by atoms with Crippen molar-refractivity contribution in [3.63, 3.8) is 0 Å². The number of halogens is 5. The number of sulfonamides is 1. The molecule has 3 heterocycles. The second-order valence-electron chi connectivity index (χ2n) is 9.21. The van der Waals surface area contributed by atoms with E-state index in [9.17, 15) is 35.2 Å². The lowest BCUT2D eigenvalue weighted by atomic mass is 10.1. The molecule has 0 aliphatic heterocycles. The quantitative estimate of drug-likeness (QED) is 0.155. The van der Waals surface area contributed by atoms with E-state index in [1.54, 1.807) is 0 Å². The van der Waals surface area contributed by atoms with Gasteiger partial charge in [-0.1, -0.05) is 12.1 Å². The first-order valence-electron chi connectivity index (χ1n) is 12.4. The lowest BCUT2D eigenvalue weighted by molar-refractivity contribution is -0.0429. The normalized spacial score (nSPS) is 11.8. The van der Waals surface area contributed by atoms with Crippen LogP contribution in [0.3, 0.4) is 0 Å². The molecule has 0 spiro atoms. The third-order valence-electron chi connectivity index (χ3n) is 6.17. The van der Waals surface area contributed by atoms with Crippen LogP contribution < -0.4 is 21.1 Å². The maximum absolute atomic E-state index is 13.6. The van der Waals surface area contributed by atoms with Crippen LogP contribution >= 0.6 is 11.3 Å². The maximum atomic E-state index is 13.6. The van der Waals surface area contributed by atoms with Crippen LogP contribution in [0.25, 0.3) is 21.3 Å². The summed E-state index contributed by atoms with van der Waals surface area (Å²) in [4.78, 5) is 26.9. The molecule has 5 N–H and O–H groups in total. The van der Waals surface area contributed by atoms with Crippen molar-refractivity contribution >= 4 is 55.5 Å². The predicted octanol–water partition coefficient (Wildman–Crippen LogP) is 5.42. The molecule has 0 saturated carbocycles. The lowest BCUT2D eigenvalue weighted by Gasteiger charge is -2.15. The van der Waals surface area contributed by atoms with Crippen molar-refractivity contribution in [2.75, 3.05) is 15.8 Å². The standard InChI is InChI=1S/C27H20F5N7O3S2/c28-20-4-1-14(7-21(20)29)10-36-26(40)19-9-16(39-44(41,42)27(30,31)32)11-34-25(19)35-12-17-3-6-23(43-17)15-2-5-22-18(8-15)24(33)38-13-37-22/h1-9,11,13,39H,10,12H2,(H,34,35)(H,36,40)(H2,33,37,38). The highest BCUT2D eigenvalue weighted by Gasteiger charge is 2.46. The number of nitrogens with zero attached hydrogens (tertiary/aromatic N) is 3. The number of hydrogen-bond donors (Lipinski definition) is 4. The number of benzene rings is 2. The third kappa shape index (κ3) is 6.68. The number of nitrogens with one attached hydrogen (secondary N) is 3. The Balaban J connectivity index is 1.37. The Bertz CT molecular complexity index is 1980. The maximum Gasteiger partial charge on any atom is 0.516 e. The molecular weight excluding hydrogens is 629 g/mol. The van der Waals surface area contributed by atoms with Gasteiger partial charge in [-0.3, -0.25) is 9.52 Å². The molecule has 0 aliphatic carbocycles. The molecule has 5 aromatic rings. The molecule has 44 heavy (non-hydrogen) atoms. The van der Waals surface area contributed by atoms with E-state index in [1.807, 2.05) is 30.3 Å². The molecule has 17 heteroatoms. The van der Waals surface area contributed by atoms with Crippen LogP contribution in [0.1, 0.15) is 20.8 Å². The molecule has 10 nitrogen and oxygen atoms in total. The summed E-state index contributed by atoms with van der Waals surface area (Å²) in [6.07, 6.45) is 2.19. The van der Waals surface area contributed by atoms with E-state index in [0.29, 0.717) is 16.7 Å². The number of pyridine rings is 1. The number of fused-ring (bicyclic) bond motifs is 1. The number of carbonyl (C=O) groups is 1. The number of nitrogen functional groups attached to an aromatic ring is 1. The van der Waals surface area contributed by atoms with E-state index >= 15 is 0 Å². The highest BCUT2D eigenvalue weighted by Crippen LogP contribution is 2.32. The molecule has 2 aromatic carbocycles. The van der Waals surface area contributed by atoms with E-state index in [1.165, 1.54) is 28.5 Å². The molecule has 0 bridgehead atoms. The van der Waals surface area contributed by atoms with Crippen LogP contribution in [0.2, 0.25) is 0 Å². The minimum absolute atomic E-state index is 0.0756. The monoisotopic (exact) mass is 649 g/mol. The summed E-state index contributed by atoms with van der Waals surface area (Å²) < 4.78 is 90.2. The number of nitrogens with two attached hydrogens (primary N) is 1. The van der Waals surface area contributed by atoms with E-state index in [4.69, 9.17) is 5.73 Å². The zero-order valence-corrected chi connectivity index (χ0v) is 23.7. The van der Waals surface area contributed by atoms with E-state index in [2.05, 4.69) is 25.6 Å². The van der Waals surface area contributed by atoms with Gasteiger partial charge in [0, 0.05) is 21.7 Å². The minimum atomic E-state index is -5.80. The molecule has 0 aliphatic rings. The molecule has 0 fully saturated rings. The molecule has 0 saturated heterocycles. The van der Waals surface area contributed by atoms with Gasteiger partial charge in [0.15, 0.2) is 11.6 Å². The summed E-state index contributed by atoms with van der Waals surface area (Å²) in [6, 6.07) is 13.1. The van der Waals surface area contributed by atoms with Gasteiger partial charge in [-0.2, -0.15) is 21.6 Å². The van der Waals surface area contributed by atoms with Gasteiger partial charge < -0.3 is 16.4 Å². The molecule has 0 unspecified atom stereocenters. The van der Waals surface area contributed by atoms with Gasteiger partial charge in [0.2, 0.25) is 0 Å². The van der Waals surface area contributed by atoms with Crippen molar-refractivity contribution < 1.29 is 35.2 Å². The SMILES string of the molecule is Nc1ncnc2ccc(-c3ccc(CNc4ncc(NS(=O)(=O)C(F)(F)F)cc4C(=O)NCc4ccc(F)c(F)c4)s3)cc12. The number of anilines is 3. The largest absolute Gasteiger partial charge is 0.516 e. The van der Waals surface area contributed by atoms with Crippen molar-refractivity contribution in [3.8, 4) is 10.4 Å². The van der Waals surface area contributed by atoms with E-state index in [0.717, 1.165) is 39.7 Å². The highest BCUT2D eigenvalue weighted by atomic mass is 32.2. The number of alkyl halides is 3. The lowest BCUT2D eigenvalue weighted by Crippen LogP contribution is -2.30. The molecule has 0 radical (unpaired) electrons. The first kappa shape index (κ1) is 30.6. The number of rotatable bonds is 9. The van der Waals surface area contributed by atoms with Gasteiger partial charge in [-0.05, 0) is 53.6 Å². The summed E-state index contributed by atoms with van der Waals surface area (Å²) in [5, 5.41) is 6.06. The summed E-state index contributed by atoms with van der Waals surface area (Å²) in [5.41, 5.74) is 1.16. The highest BCUT2D eigenvalue weighted by molar-refractivity contribution is 7.93. The average Bonchev–Trinajstić information content (AvgIpc) is 3.45. The molecule has 3 aromatic heterocycles. The van der Waals surface area contributed by atoms with Gasteiger partial charge in [-0.15, -0.1) is 11.3 Å². The summed E-state index contributed by atoms with van der Waals surface area (Å²) in [7, 11) is -5.80. The first-order valence-corrected chi connectivity index (χ1v) is 14.7. The third-order valence-corrected chi connectivity index (χ3v) is 8.42. The summed E-state index contributed by atoms with van der Waals surface area (Å²) in [6.45, 7) is -0.142. The van der Waals surface area contributed by atoms with Gasteiger partial charge in [0.1, 0.15) is 18.0 Å². The summed E-state index contributed by atoms with van der Waals surface area (Å²) in [5.74, 6) is -2.84. The molecule has 5 rings (SSSR count). The zero-order valence-electron chi connectivity index (χ0n) is 22.1. The van der Waals surface area contributed by atoms with Crippen molar-refractivity contribution in [1.29, 1.82) is 0 Å². The van der Waals surface area contributed by atoms with Gasteiger partial charge in [-0.25, -0.2) is 23.7 Å². The number of amides is 1. The fraction of sp³-hybridized carbons (Fsp3) is 0.111. The Hall–Kier alpha value is -4.90. The van der Waals surface area contributed by atoms with Crippen LogP contribution in [-0.2, 0) is 23.1 Å². The van der Waals surface area contributed by atoms with Gasteiger partial charge in [0.05, 0.1) is 29.5 Å². The predicted molar refractivity (Wildman–Crippen MR) is 155 cm³/mol. The van der Waals surface area contributed by atoms with E-state index in [-0.39, 0.29) is 30.0 Å². The Morgan fingerprint density at radius 3 is 2.48 bits per heavy atom. The zero-order chi connectivity index (χ0) is 31.6. The van der Waals surface area contributed by atoms with Crippen molar-refractivity contribution in [3.05, 3.63) is 94.8 Å².